The summed E-state index contributed by atoms with van der Waals surface area (Å²) in [5.74, 6) is -8.93. The van der Waals surface area contributed by atoms with Crippen LogP contribution >= 0.6 is 0 Å². The Morgan fingerprint density at radius 3 is 1.43 bits per heavy atom. The lowest BCUT2D eigenvalue weighted by Gasteiger charge is -2.28. The van der Waals surface area contributed by atoms with Crippen molar-refractivity contribution in [3.05, 3.63) is 28.8 Å². The molecule has 1 aromatic rings. The van der Waals surface area contributed by atoms with Crippen molar-refractivity contribution in [1.82, 2.24) is 4.90 Å². The molecule has 30 heavy (non-hydrogen) atoms. The van der Waals surface area contributed by atoms with E-state index in [0.29, 0.717) is 0 Å². The summed E-state index contributed by atoms with van der Waals surface area (Å²) in [4.78, 5) is 22.8. The molecule has 0 unspecified atom stereocenters. The van der Waals surface area contributed by atoms with E-state index in [1.807, 2.05) is 0 Å². The Morgan fingerprint density at radius 1 is 0.833 bits per heavy atom. The van der Waals surface area contributed by atoms with Gasteiger partial charge in [0.15, 0.2) is 28.2 Å². The van der Waals surface area contributed by atoms with E-state index in [9.17, 15) is 35.6 Å². The molecule has 0 radical (unpaired) electrons. The summed E-state index contributed by atoms with van der Waals surface area (Å²) >= 11 is 0. The summed E-state index contributed by atoms with van der Waals surface area (Å²) in [6, 6.07) is 0. The van der Waals surface area contributed by atoms with Crippen LogP contribution in [0, 0.1) is 23.3 Å². The van der Waals surface area contributed by atoms with Gasteiger partial charge in [0.1, 0.15) is 11.2 Å². The van der Waals surface area contributed by atoms with E-state index in [4.69, 9.17) is 9.47 Å². The Labute approximate surface area is 171 Å². The van der Waals surface area contributed by atoms with Crippen LogP contribution in [0.5, 0.6) is 0 Å². The van der Waals surface area contributed by atoms with Gasteiger partial charge in [-0.1, -0.05) is 0 Å². The molecule has 2 amide bonds. The Bertz CT molecular complexity index is 911. The fraction of sp³-hybridized carbons (Fsp3) is 0.529. The third-order valence-electron chi connectivity index (χ3n) is 3.14. The lowest BCUT2D eigenvalue weighted by atomic mass is 10.1. The standard InChI is InChI=1S/C17H22F4N2O6S/c1-16(2,3)28-14(24)23(15(25)29-17(4,5)6)7-8-9(18)11(20)13(30(22,26)27)12(21)10(8)19/h7H2,1-6H3,(H2,22,26,27). The van der Waals surface area contributed by atoms with E-state index >= 15 is 0 Å². The van der Waals surface area contributed by atoms with Gasteiger partial charge in [-0.3, -0.25) is 0 Å². The number of nitrogens with zero attached hydrogens (tertiary/aromatic N) is 1. The van der Waals surface area contributed by atoms with Crippen LogP contribution in [0.15, 0.2) is 4.90 Å². The topological polar surface area (TPSA) is 116 Å². The number of halogens is 4. The number of amides is 2. The zero-order chi connectivity index (χ0) is 23.8. The molecule has 0 aliphatic carbocycles. The summed E-state index contributed by atoms with van der Waals surface area (Å²) in [6.45, 7) is 7.22. The summed E-state index contributed by atoms with van der Waals surface area (Å²) < 4.78 is 89.4. The van der Waals surface area contributed by atoms with Crippen molar-refractivity contribution in [3.63, 3.8) is 0 Å². The summed E-state index contributed by atoms with van der Waals surface area (Å²) in [7, 11) is -5.16. The van der Waals surface area contributed by atoms with Crippen LogP contribution in [0.1, 0.15) is 47.1 Å². The zero-order valence-electron chi connectivity index (χ0n) is 17.1. The molecular formula is C17H22F4N2O6S. The maximum atomic E-state index is 14.4. The molecule has 2 N–H and O–H groups in total. The predicted octanol–water partition coefficient (Wildman–Crippen LogP) is 3.56. The average Bonchev–Trinajstić information content (AvgIpc) is 2.48. The van der Waals surface area contributed by atoms with Crippen molar-refractivity contribution in [1.29, 1.82) is 0 Å². The number of benzene rings is 1. The van der Waals surface area contributed by atoms with Gasteiger partial charge in [0.2, 0.25) is 10.0 Å². The molecule has 0 fully saturated rings. The first-order valence-electron chi connectivity index (χ1n) is 8.37. The lowest BCUT2D eigenvalue weighted by Crippen LogP contribution is -2.43. The third-order valence-corrected chi connectivity index (χ3v) is 4.07. The highest BCUT2D eigenvalue weighted by molar-refractivity contribution is 7.89. The number of sulfonamides is 1. The predicted molar refractivity (Wildman–Crippen MR) is 95.7 cm³/mol. The van der Waals surface area contributed by atoms with Crippen LogP contribution in [-0.2, 0) is 26.0 Å². The van der Waals surface area contributed by atoms with E-state index in [2.05, 4.69) is 5.14 Å². The Hall–Kier alpha value is -2.41. The summed E-state index contributed by atoms with van der Waals surface area (Å²) in [6.07, 6.45) is -2.85. The second-order valence-corrected chi connectivity index (χ2v) is 9.65. The minimum atomic E-state index is -5.16. The SMILES string of the molecule is CC(C)(C)OC(=O)N(Cc1c(F)c(F)c(S(N)(=O)=O)c(F)c1F)C(=O)OC(C)(C)C. The molecule has 1 aromatic carbocycles. The van der Waals surface area contributed by atoms with Crippen LogP contribution in [0.25, 0.3) is 0 Å². The highest BCUT2D eigenvalue weighted by Gasteiger charge is 2.36. The van der Waals surface area contributed by atoms with Crippen molar-refractivity contribution in [2.24, 2.45) is 5.14 Å². The number of carbonyl (C=O) groups excluding carboxylic acids is 2. The number of rotatable bonds is 3. The lowest BCUT2D eigenvalue weighted by molar-refractivity contribution is -0.000674. The smallest absolute Gasteiger partial charge is 0.420 e. The van der Waals surface area contributed by atoms with Crippen LogP contribution in [0.4, 0.5) is 27.2 Å². The van der Waals surface area contributed by atoms with Gasteiger partial charge in [-0.25, -0.2) is 45.6 Å². The van der Waals surface area contributed by atoms with E-state index in [1.54, 1.807) is 0 Å². The first-order valence-corrected chi connectivity index (χ1v) is 9.92. The monoisotopic (exact) mass is 458 g/mol. The van der Waals surface area contributed by atoms with Gasteiger partial charge in [0, 0.05) is 5.56 Å². The average molecular weight is 458 g/mol. The van der Waals surface area contributed by atoms with Gasteiger partial charge >= 0.3 is 12.2 Å². The molecule has 1 rings (SSSR count). The van der Waals surface area contributed by atoms with Crippen molar-refractivity contribution in [2.45, 2.75) is 64.2 Å². The number of carbonyl (C=O) groups is 2. The molecule has 0 bridgehead atoms. The third kappa shape index (κ3) is 6.29. The van der Waals surface area contributed by atoms with Crippen molar-refractivity contribution in [3.8, 4) is 0 Å². The van der Waals surface area contributed by atoms with Gasteiger partial charge in [0.25, 0.3) is 0 Å². The number of hydrogen-bond donors (Lipinski definition) is 1. The number of ether oxygens (including phenoxy) is 2. The Kier molecular flexibility index (Phi) is 7.16. The van der Waals surface area contributed by atoms with Crippen LogP contribution in [0.2, 0.25) is 0 Å². The highest BCUT2D eigenvalue weighted by Crippen LogP contribution is 2.28. The maximum Gasteiger partial charge on any atom is 0.420 e. The minimum Gasteiger partial charge on any atom is -0.443 e. The molecule has 8 nitrogen and oxygen atoms in total. The Morgan fingerprint density at radius 2 is 1.17 bits per heavy atom. The summed E-state index contributed by atoms with van der Waals surface area (Å²) in [5, 5.41) is 4.58. The molecule has 13 heteroatoms. The fourth-order valence-corrected chi connectivity index (χ4v) is 2.72. The van der Waals surface area contributed by atoms with Crippen LogP contribution < -0.4 is 5.14 Å². The molecule has 0 atom stereocenters. The van der Waals surface area contributed by atoms with Gasteiger partial charge in [-0.15, -0.1) is 0 Å². The number of nitrogens with two attached hydrogens (primary N) is 1. The molecule has 0 heterocycles. The van der Waals surface area contributed by atoms with Crippen LogP contribution in [0.3, 0.4) is 0 Å². The van der Waals surface area contributed by atoms with Gasteiger partial charge in [-0.2, -0.15) is 0 Å². The molecule has 170 valence electrons. The van der Waals surface area contributed by atoms with Crippen molar-refractivity contribution < 1.29 is 45.0 Å². The normalized spacial score (nSPS) is 12.5. The summed E-state index contributed by atoms with van der Waals surface area (Å²) in [5.41, 5.74) is -3.75. The molecule has 0 saturated carbocycles. The van der Waals surface area contributed by atoms with E-state index in [0.717, 1.165) is 0 Å². The van der Waals surface area contributed by atoms with Crippen molar-refractivity contribution in [2.75, 3.05) is 0 Å². The zero-order valence-corrected chi connectivity index (χ0v) is 17.9. The molecule has 0 aromatic heterocycles. The maximum absolute atomic E-state index is 14.4. The molecule has 0 aliphatic heterocycles. The molecule has 0 saturated heterocycles. The number of imide groups is 1. The van der Waals surface area contributed by atoms with E-state index in [1.165, 1.54) is 41.5 Å². The van der Waals surface area contributed by atoms with Gasteiger partial charge in [-0.05, 0) is 41.5 Å². The van der Waals surface area contributed by atoms with Gasteiger partial charge in [0.05, 0.1) is 6.54 Å². The quantitative estimate of drug-likeness (QED) is 0.547. The Balaban J connectivity index is 3.56. The first-order chi connectivity index (χ1) is 13.3. The molecule has 0 aliphatic rings. The largest absolute Gasteiger partial charge is 0.443 e. The van der Waals surface area contributed by atoms with Gasteiger partial charge < -0.3 is 9.47 Å². The fourth-order valence-electron chi connectivity index (χ4n) is 2.04. The van der Waals surface area contributed by atoms with E-state index in [-0.39, 0.29) is 4.90 Å². The minimum absolute atomic E-state index is 0.0769. The number of primary sulfonamides is 1. The van der Waals surface area contributed by atoms with Crippen LogP contribution in [-0.4, -0.2) is 36.7 Å². The molecular weight excluding hydrogens is 436 g/mol. The second kappa shape index (κ2) is 8.38. The highest BCUT2D eigenvalue weighted by atomic mass is 32.2. The van der Waals surface area contributed by atoms with E-state index < -0.39 is 73.7 Å². The first kappa shape index (κ1) is 25.6. The second-order valence-electron chi connectivity index (χ2n) is 8.16. The molecule has 0 spiro atoms. The number of hydrogen-bond acceptors (Lipinski definition) is 6. The van der Waals surface area contributed by atoms with Crippen molar-refractivity contribution >= 4 is 22.2 Å².